The zero-order valence-electron chi connectivity index (χ0n) is 16.5. The summed E-state index contributed by atoms with van der Waals surface area (Å²) in [5.74, 6) is 1.80. The Morgan fingerprint density at radius 3 is 2.87 bits per heavy atom. The first-order valence-corrected chi connectivity index (χ1v) is 10.3. The van der Waals surface area contributed by atoms with Crippen molar-refractivity contribution in [3.05, 3.63) is 70.5 Å². The maximum absolute atomic E-state index is 6.02. The Kier molecular flexibility index (Phi) is 4.84. The molecule has 9 heteroatoms. The summed E-state index contributed by atoms with van der Waals surface area (Å²) in [6.07, 6.45) is 3.39. The number of hydrogen-bond donors (Lipinski definition) is 0. The number of aromatic nitrogens is 6. The highest BCUT2D eigenvalue weighted by molar-refractivity contribution is 9.10. The molecule has 1 aromatic carbocycles. The van der Waals surface area contributed by atoms with Gasteiger partial charge in [-0.3, -0.25) is 0 Å². The first kappa shape index (κ1) is 19.0. The van der Waals surface area contributed by atoms with E-state index in [1.165, 1.54) is 0 Å². The maximum Gasteiger partial charge on any atom is 0.238 e. The minimum atomic E-state index is -0.271. The van der Waals surface area contributed by atoms with Crippen molar-refractivity contribution in [1.82, 2.24) is 29.3 Å². The van der Waals surface area contributed by atoms with E-state index in [1.54, 1.807) is 13.4 Å². The Morgan fingerprint density at radius 2 is 2.10 bits per heavy atom. The first-order chi connectivity index (χ1) is 14.6. The Bertz CT molecular complexity index is 1220. The fourth-order valence-corrected chi connectivity index (χ4v) is 3.94. The van der Waals surface area contributed by atoms with Gasteiger partial charge in [0.05, 0.1) is 32.3 Å². The molecule has 5 rings (SSSR count). The zero-order valence-corrected chi connectivity index (χ0v) is 18.1. The van der Waals surface area contributed by atoms with E-state index in [1.807, 2.05) is 58.8 Å². The first-order valence-electron chi connectivity index (χ1n) is 9.50. The summed E-state index contributed by atoms with van der Waals surface area (Å²) in [5.41, 5.74) is 3.40. The molecule has 1 aliphatic heterocycles. The normalized spacial score (nSPS) is 15.8. The van der Waals surface area contributed by atoms with E-state index < -0.39 is 0 Å². The van der Waals surface area contributed by atoms with Crippen molar-refractivity contribution in [3.8, 4) is 23.1 Å². The molecule has 0 saturated heterocycles. The van der Waals surface area contributed by atoms with Crippen LogP contribution in [0.15, 0.2) is 53.4 Å². The molecule has 0 fully saturated rings. The van der Waals surface area contributed by atoms with E-state index in [0.29, 0.717) is 30.5 Å². The number of methoxy groups -OCH3 is 1. The van der Waals surface area contributed by atoms with Crippen molar-refractivity contribution in [2.45, 2.75) is 19.6 Å². The van der Waals surface area contributed by atoms with Gasteiger partial charge in [0, 0.05) is 10.7 Å². The van der Waals surface area contributed by atoms with E-state index in [0.717, 1.165) is 27.2 Å². The number of benzene rings is 1. The van der Waals surface area contributed by atoms with E-state index >= 15 is 0 Å². The lowest BCUT2D eigenvalue weighted by atomic mass is 10.1. The molecule has 0 radical (unpaired) electrons. The second kappa shape index (κ2) is 7.66. The molecule has 4 aromatic rings. The lowest BCUT2D eigenvalue weighted by Gasteiger charge is -2.23. The van der Waals surface area contributed by atoms with Crippen molar-refractivity contribution < 1.29 is 9.47 Å². The Morgan fingerprint density at radius 1 is 1.20 bits per heavy atom. The van der Waals surface area contributed by atoms with Gasteiger partial charge in [0.15, 0.2) is 11.6 Å². The van der Waals surface area contributed by atoms with Gasteiger partial charge in [-0.25, -0.2) is 19.6 Å². The molecule has 3 aromatic heterocycles. The lowest BCUT2D eigenvalue weighted by Crippen LogP contribution is -2.23. The van der Waals surface area contributed by atoms with Crippen LogP contribution in [0.2, 0.25) is 0 Å². The van der Waals surface area contributed by atoms with Gasteiger partial charge in [-0.1, -0.05) is 28.1 Å². The van der Waals surface area contributed by atoms with Crippen LogP contribution in [0.4, 0.5) is 0 Å². The summed E-state index contributed by atoms with van der Waals surface area (Å²) in [5, 5.41) is 4.68. The fourth-order valence-electron chi connectivity index (χ4n) is 3.53. The van der Waals surface area contributed by atoms with Crippen LogP contribution in [0.3, 0.4) is 0 Å². The number of imidazole rings is 1. The van der Waals surface area contributed by atoms with Gasteiger partial charge < -0.3 is 14.0 Å². The highest BCUT2D eigenvalue weighted by atomic mass is 79.9. The minimum absolute atomic E-state index is 0.271. The van der Waals surface area contributed by atoms with Crippen LogP contribution in [-0.2, 0) is 11.3 Å². The number of halogens is 1. The maximum atomic E-state index is 6.02. The Labute approximate surface area is 181 Å². The van der Waals surface area contributed by atoms with Crippen LogP contribution in [0, 0.1) is 6.92 Å². The summed E-state index contributed by atoms with van der Waals surface area (Å²) < 4.78 is 16.3. The molecule has 0 amide bonds. The van der Waals surface area contributed by atoms with Gasteiger partial charge in [0.1, 0.15) is 17.5 Å². The van der Waals surface area contributed by atoms with Crippen molar-refractivity contribution >= 4 is 15.9 Å². The number of pyridine rings is 1. The molecular formula is C21H19BrN6O2. The molecule has 0 N–H and O–H groups in total. The number of aryl methyl sites for hydroxylation is 1. The second-order valence-electron chi connectivity index (χ2n) is 6.97. The van der Waals surface area contributed by atoms with Gasteiger partial charge in [0.25, 0.3) is 0 Å². The van der Waals surface area contributed by atoms with Crippen molar-refractivity contribution in [2.24, 2.45) is 0 Å². The Balaban J connectivity index is 1.53. The third-order valence-electron chi connectivity index (χ3n) is 4.93. The molecule has 1 aliphatic rings. The van der Waals surface area contributed by atoms with Crippen molar-refractivity contribution in [3.63, 3.8) is 0 Å². The van der Waals surface area contributed by atoms with E-state index in [4.69, 9.17) is 14.5 Å². The van der Waals surface area contributed by atoms with Gasteiger partial charge in [-0.05, 0) is 36.8 Å². The number of hydrogen-bond acceptors (Lipinski definition) is 6. The van der Waals surface area contributed by atoms with Crippen LogP contribution in [0.5, 0.6) is 5.88 Å². The molecule has 0 aliphatic carbocycles. The number of nitrogens with zero attached hydrogens (tertiary/aromatic N) is 6. The SMILES string of the molecule is COc1nc(-c2nc3n(n2)CCO[C@@H]3c2cccc(Br)c2)ccc1-n1cnc(C)c1. The second-order valence-corrected chi connectivity index (χ2v) is 7.89. The van der Waals surface area contributed by atoms with E-state index in [2.05, 4.69) is 31.0 Å². The average molecular weight is 467 g/mol. The standard InChI is InChI=1S/C21H19BrN6O2/c1-13-11-27(12-23-13)17-7-6-16(24-21(17)29-2)19-25-20-18(30-9-8-28(20)26-19)14-4-3-5-15(22)10-14/h3-7,10-12,18H,8-9H2,1-2H3/t18-/m1/s1. The van der Waals surface area contributed by atoms with E-state index in [9.17, 15) is 0 Å². The van der Waals surface area contributed by atoms with Crippen LogP contribution < -0.4 is 4.74 Å². The predicted molar refractivity (Wildman–Crippen MR) is 114 cm³/mol. The van der Waals surface area contributed by atoms with Crippen LogP contribution >= 0.6 is 15.9 Å². The van der Waals surface area contributed by atoms with Gasteiger partial charge in [-0.2, -0.15) is 0 Å². The summed E-state index contributed by atoms with van der Waals surface area (Å²) >= 11 is 3.53. The molecule has 0 bridgehead atoms. The van der Waals surface area contributed by atoms with Gasteiger partial charge in [-0.15, -0.1) is 5.10 Å². The smallest absolute Gasteiger partial charge is 0.238 e. The average Bonchev–Trinajstić information content (AvgIpc) is 3.39. The molecule has 0 spiro atoms. The molecule has 0 saturated carbocycles. The third-order valence-corrected chi connectivity index (χ3v) is 5.42. The predicted octanol–water partition coefficient (Wildman–Crippen LogP) is 3.72. The summed E-state index contributed by atoms with van der Waals surface area (Å²) in [4.78, 5) is 13.7. The zero-order chi connectivity index (χ0) is 20.7. The van der Waals surface area contributed by atoms with Crippen LogP contribution in [0.1, 0.15) is 23.2 Å². The lowest BCUT2D eigenvalue weighted by molar-refractivity contribution is 0.0389. The van der Waals surface area contributed by atoms with Crippen LogP contribution in [0.25, 0.3) is 17.2 Å². The molecule has 8 nitrogen and oxygen atoms in total. The topological polar surface area (TPSA) is 79.9 Å². The highest BCUT2D eigenvalue weighted by Crippen LogP contribution is 2.31. The monoisotopic (exact) mass is 466 g/mol. The van der Waals surface area contributed by atoms with Gasteiger partial charge >= 0.3 is 0 Å². The fraction of sp³-hybridized carbons (Fsp3) is 0.238. The molecule has 0 unspecified atom stereocenters. The van der Waals surface area contributed by atoms with E-state index in [-0.39, 0.29) is 6.10 Å². The minimum Gasteiger partial charge on any atom is -0.479 e. The largest absolute Gasteiger partial charge is 0.479 e. The molecule has 1 atom stereocenters. The Hall–Kier alpha value is -3.04. The molecule has 30 heavy (non-hydrogen) atoms. The number of ether oxygens (including phenoxy) is 2. The van der Waals surface area contributed by atoms with Crippen molar-refractivity contribution in [1.29, 1.82) is 0 Å². The van der Waals surface area contributed by atoms with Gasteiger partial charge in [0.2, 0.25) is 5.88 Å². The summed E-state index contributed by atoms with van der Waals surface area (Å²) in [6.45, 7) is 3.16. The van der Waals surface area contributed by atoms with Crippen LogP contribution in [-0.4, -0.2) is 43.0 Å². The quantitative estimate of drug-likeness (QED) is 0.455. The third kappa shape index (κ3) is 3.40. The summed E-state index contributed by atoms with van der Waals surface area (Å²) in [7, 11) is 1.60. The highest BCUT2D eigenvalue weighted by Gasteiger charge is 2.27. The molecule has 4 heterocycles. The number of rotatable bonds is 4. The molecular weight excluding hydrogens is 448 g/mol. The number of fused-ring (bicyclic) bond motifs is 1. The summed E-state index contributed by atoms with van der Waals surface area (Å²) in [6, 6.07) is 11.9. The molecule has 152 valence electrons. The van der Waals surface area contributed by atoms with Crippen molar-refractivity contribution in [2.75, 3.05) is 13.7 Å².